The van der Waals surface area contributed by atoms with Gasteiger partial charge in [0.15, 0.2) is 0 Å². The maximum Gasteiger partial charge on any atom is 0.534 e. The lowest BCUT2D eigenvalue weighted by Gasteiger charge is -2.16. The fourth-order valence-electron chi connectivity index (χ4n) is 1.45. The molecule has 0 bridgehead atoms. The van der Waals surface area contributed by atoms with Gasteiger partial charge in [-0.3, -0.25) is 4.79 Å². The fourth-order valence-corrected chi connectivity index (χ4v) is 1.91. The van der Waals surface area contributed by atoms with E-state index in [4.69, 9.17) is 0 Å². The quantitative estimate of drug-likeness (QED) is 0.661. The highest BCUT2D eigenvalue weighted by Gasteiger charge is 2.48. The number of halogens is 3. The molecule has 124 valence electrons. The topological polar surface area (TPSA) is 72.5 Å². The van der Waals surface area contributed by atoms with Crippen LogP contribution in [0.2, 0.25) is 0 Å². The van der Waals surface area contributed by atoms with Gasteiger partial charge in [0.05, 0.1) is 6.04 Å². The van der Waals surface area contributed by atoms with Crippen LogP contribution in [0.25, 0.3) is 0 Å². The van der Waals surface area contributed by atoms with Crippen LogP contribution in [0.1, 0.15) is 32.4 Å². The van der Waals surface area contributed by atoms with Crippen LogP contribution < -0.4 is 9.50 Å². The van der Waals surface area contributed by atoms with Crippen molar-refractivity contribution in [2.24, 2.45) is 5.92 Å². The van der Waals surface area contributed by atoms with Crippen molar-refractivity contribution in [3.8, 4) is 5.75 Å². The predicted molar refractivity (Wildman–Crippen MR) is 73.4 cm³/mol. The Morgan fingerprint density at radius 2 is 1.64 bits per heavy atom. The molecule has 1 rings (SSSR count). The van der Waals surface area contributed by atoms with E-state index in [-0.39, 0.29) is 17.9 Å². The Morgan fingerprint density at radius 1 is 1.14 bits per heavy atom. The maximum atomic E-state index is 12.2. The summed E-state index contributed by atoms with van der Waals surface area (Å²) in [5, 5.41) is 2.71. The van der Waals surface area contributed by atoms with Crippen molar-refractivity contribution in [1.29, 1.82) is 0 Å². The first kappa shape index (κ1) is 18.3. The van der Waals surface area contributed by atoms with Gasteiger partial charge in [-0.2, -0.15) is 21.6 Å². The minimum atomic E-state index is -5.68. The molecule has 1 aromatic carbocycles. The molecule has 5 nitrogen and oxygen atoms in total. The van der Waals surface area contributed by atoms with Gasteiger partial charge < -0.3 is 9.50 Å². The van der Waals surface area contributed by atoms with Crippen LogP contribution in [0.15, 0.2) is 24.3 Å². The molecule has 0 radical (unpaired) electrons. The third kappa shape index (κ3) is 4.62. The Hall–Kier alpha value is -1.77. The summed E-state index contributed by atoms with van der Waals surface area (Å²) in [5.74, 6) is -0.835. The Morgan fingerprint density at radius 3 is 2.05 bits per heavy atom. The van der Waals surface area contributed by atoms with E-state index in [1.807, 2.05) is 0 Å². The van der Waals surface area contributed by atoms with E-state index in [9.17, 15) is 26.4 Å². The first-order valence-electron chi connectivity index (χ1n) is 6.35. The lowest BCUT2D eigenvalue weighted by molar-refractivity contribution is -0.124. The van der Waals surface area contributed by atoms with Gasteiger partial charge in [-0.15, -0.1) is 0 Å². The second-order valence-corrected chi connectivity index (χ2v) is 6.48. The average molecular weight is 339 g/mol. The molecule has 22 heavy (non-hydrogen) atoms. The number of amides is 1. The van der Waals surface area contributed by atoms with Crippen molar-refractivity contribution in [3.05, 3.63) is 29.8 Å². The molecule has 0 aliphatic carbocycles. The molecule has 0 fully saturated rings. The molecule has 0 spiro atoms. The smallest absolute Gasteiger partial charge is 0.376 e. The molecule has 1 atom stereocenters. The molecule has 0 aliphatic heterocycles. The van der Waals surface area contributed by atoms with Crippen molar-refractivity contribution in [3.63, 3.8) is 0 Å². The molecule has 0 saturated carbocycles. The van der Waals surface area contributed by atoms with Gasteiger partial charge >= 0.3 is 15.6 Å². The van der Waals surface area contributed by atoms with Crippen LogP contribution in [0.3, 0.4) is 0 Å². The fraction of sp³-hybridized carbons (Fsp3) is 0.462. The highest BCUT2D eigenvalue weighted by Crippen LogP contribution is 2.27. The van der Waals surface area contributed by atoms with Crippen molar-refractivity contribution >= 4 is 16.0 Å². The van der Waals surface area contributed by atoms with Gasteiger partial charge in [0.1, 0.15) is 5.75 Å². The Balaban J connectivity index is 2.81. The van der Waals surface area contributed by atoms with Gasteiger partial charge in [-0.25, -0.2) is 0 Å². The Bertz CT molecular complexity index is 624. The molecule has 0 aliphatic rings. The lowest BCUT2D eigenvalue weighted by atomic mass is 10.1. The van der Waals surface area contributed by atoms with Crippen LogP contribution in [0.4, 0.5) is 13.2 Å². The van der Waals surface area contributed by atoms with E-state index >= 15 is 0 Å². The molecule has 0 aromatic heterocycles. The van der Waals surface area contributed by atoms with Gasteiger partial charge in [0.2, 0.25) is 5.91 Å². The van der Waals surface area contributed by atoms with Gasteiger partial charge in [0.25, 0.3) is 0 Å². The first-order chi connectivity index (χ1) is 9.94. The number of carbonyl (C=O) groups excluding carboxylic acids is 1. The van der Waals surface area contributed by atoms with E-state index in [0.29, 0.717) is 5.56 Å². The molecule has 1 N–H and O–H groups in total. The summed E-state index contributed by atoms with van der Waals surface area (Å²) in [6.45, 7) is 5.14. The van der Waals surface area contributed by atoms with Crippen molar-refractivity contribution < 1.29 is 30.6 Å². The lowest BCUT2D eigenvalue weighted by Crippen LogP contribution is -2.30. The molecule has 1 amide bonds. The number of rotatable bonds is 5. The SMILES string of the molecule is CC(C)C(=O)NC(C)c1ccc(OS(=O)(=O)C(F)(F)F)cc1. The molecule has 1 aromatic rings. The summed E-state index contributed by atoms with van der Waals surface area (Å²) in [6, 6.07) is 4.58. The number of nitrogens with one attached hydrogen (secondary N) is 1. The molecule has 0 saturated heterocycles. The Labute approximate surface area is 126 Å². The highest BCUT2D eigenvalue weighted by atomic mass is 32.2. The molecular weight excluding hydrogens is 323 g/mol. The van der Waals surface area contributed by atoms with Gasteiger partial charge in [-0.05, 0) is 24.6 Å². The zero-order valence-corrected chi connectivity index (χ0v) is 13.0. The maximum absolute atomic E-state index is 12.2. The molecular formula is C13H16F3NO4S. The van der Waals surface area contributed by atoms with E-state index in [2.05, 4.69) is 9.50 Å². The number of hydrogen-bond donors (Lipinski definition) is 1. The number of alkyl halides is 3. The molecule has 9 heteroatoms. The monoisotopic (exact) mass is 339 g/mol. The zero-order chi connectivity index (χ0) is 17.1. The summed E-state index contributed by atoms with van der Waals surface area (Å²) in [7, 11) is -5.68. The van der Waals surface area contributed by atoms with Gasteiger partial charge in [0, 0.05) is 5.92 Å². The second-order valence-electron chi connectivity index (χ2n) is 4.94. The van der Waals surface area contributed by atoms with Crippen LogP contribution >= 0.6 is 0 Å². The molecule has 1 unspecified atom stereocenters. The summed E-state index contributed by atoms with van der Waals surface area (Å²) in [6.07, 6.45) is 0. The third-order valence-electron chi connectivity index (χ3n) is 2.75. The van der Waals surface area contributed by atoms with E-state index in [1.165, 1.54) is 12.1 Å². The average Bonchev–Trinajstić information content (AvgIpc) is 2.37. The molecule has 0 heterocycles. The van der Waals surface area contributed by atoms with Crippen LogP contribution in [0, 0.1) is 5.92 Å². The zero-order valence-electron chi connectivity index (χ0n) is 12.1. The van der Waals surface area contributed by atoms with Crippen LogP contribution in [0.5, 0.6) is 5.75 Å². The van der Waals surface area contributed by atoms with E-state index in [0.717, 1.165) is 12.1 Å². The third-order valence-corrected chi connectivity index (χ3v) is 3.73. The summed E-state index contributed by atoms with van der Waals surface area (Å²) in [5.41, 5.74) is -4.88. The standard InChI is InChI=1S/C13H16F3NO4S/c1-8(2)12(18)17-9(3)10-4-6-11(7-5-10)21-22(19,20)13(14,15)16/h4-9H,1-3H3,(H,17,18). The summed E-state index contributed by atoms with van der Waals surface area (Å²) >= 11 is 0. The summed E-state index contributed by atoms with van der Waals surface area (Å²) < 4.78 is 62.2. The Kier molecular flexibility index (Phi) is 5.44. The van der Waals surface area contributed by atoms with Crippen molar-refractivity contribution in [2.75, 3.05) is 0 Å². The van der Waals surface area contributed by atoms with Crippen LogP contribution in [-0.4, -0.2) is 19.8 Å². The van der Waals surface area contributed by atoms with E-state index in [1.54, 1.807) is 20.8 Å². The largest absolute Gasteiger partial charge is 0.534 e. The first-order valence-corrected chi connectivity index (χ1v) is 7.76. The minimum absolute atomic E-state index is 0.174. The summed E-state index contributed by atoms with van der Waals surface area (Å²) in [4.78, 5) is 11.6. The van der Waals surface area contributed by atoms with Crippen molar-refractivity contribution in [1.82, 2.24) is 5.32 Å². The number of benzene rings is 1. The second kappa shape index (κ2) is 6.55. The number of hydrogen-bond acceptors (Lipinski definition) is 4. The normalized spacial score (nSPS) is 13.8. The minimum Gasteiger partial charge on any atom is -0.376 e. The highest BCUT2D eigenvalue weighted by molar-refractivity contribution is 7.87. The van der Waals surface area contributed by atoms with Crippen LogP contribution in [-0.2, 0) is 14.9 Å². The van der Waals surface area contributed by atoms with Gasteiger partial charge in [-0.1, -0.05) is 26.0 Å². The number of carbonyl (C=O) groups is 1. The van der Waals surface area contributed by atoms with Crippen molar-refractivity contribution in [2.45, 2.75) is 32.3 Å². The van der Waals surface area contributed by atoms with E-state index < -0.39 is 21.4 Å². The predicted octanol–water partition coefficient (Wildman–Crippen LogP) is 2.75.